The highest BCUT2D eigenvalue weighted by Gasteiger charge is 2.32. The van der Waals surface area contributed by atoms with Crippen molar-refractivity contribution >= 4 is 5.97 Å². The van der Waals surface area contributed by atoms with Crippen LogP contribution in [-0.4, -0.2) is 59.5 Å². The Bertz CT molecular complexity index is 502. The van der Waals surface area contributed by atoms with Crippen LogP contribution in [-0.2, 0) is 4.79 Å². The largest absolute Gasteiger partial charge is 0.492 e. The predicted molar refractivity (Wildman–Crippen MR) is 85.9 cm³/mol. The zero-order valence-electron chi connectivity index (χ0n) is 13.6. The monoisotopic (exact) mass is 323 g/mol. The van der Waals surface area contributed by atoms with Gasteiger partial charge in [0, 0.05) is 13.1 Å². The topological polar surface area (TPSA) is 79.2 Å². The summed E-state index contributed by atoms with van der Waals surface area (Å²) in [5.74, 6) is 0.00562. The van der Waals surface area contributed by atoms with E-state index in [0.717, 1.165) is 11.5 Å². The molecular formula is C17H25NO5. The summed E-state index contributed by atoms with van der Waals surface area (Å²) >= 11 is 0. The summed E-state index contributed by atoms with van der Waals surface area (Å²) < 4.78 is 11.3. The SMILES string of the molecule is CC(C)Oc1ccc(OCCN2CC[C@H](C(=O)O)[C@H](O)C2)cc1. The fourth-order valence-electron chi connectivity index (χ4n) is 2.67. The molecule has 0 saturated carbocycles. The van der Waals surface area contributed by atoms with Crippen LogP contribution < -0.4 is 9.47 Å². The van der Waals surface area contributed by atoms with Gasteiger partial charge in [-0.05, 0) is 51.1 Å². The molecule has 23 heavy (non-hydrogen) atoms. The van der Waals surface area contributed by atoms with Gasteiger partial charge in [-0.25, -0.2) is 0 Å². The third kappa shape index (κ3) is 5.41. The molecule has 1 fully saturated rings. The van der Waals surface area contributed by atoms with E-state index in [1.54, 1.807) is 0 Å². The van der Waals surface area contributed by atoms with Gasteiger partial charge in [-0.2, -0.15) is 0 Å². The molecule has 1 saturated heterocycles. The van der Waals surface area contributed by atoms with Gasteiger partial charge in [0.05, 0.1) is 18.1 Å². The molecule has 1 heterocycles. The third-order valence-electron chi connectivity index (χ3n) is 3.86. The molecule has 6 nitrogen and oxygen atoms in total. The molecule has 2 rings (SSSR count). The second-order valence-electron chi connectivity index (χ2n) is 6.09. The zero-order valence-corrected chi connectivity index (χ0v) is 13.6. The summed E-state index contributed by atoms with van der Waals surface area (Å²) in [6.07, 6.45) is -0.201. The summed E-state index contributed by atoms with van der Waals surface area (Å²) in [6.45, 7) is 6.15. The Balaban J connectivity index is 1.72. The first-order valence-electron chi connectivity index (χ1n) is 7.98. The van der Waals surface area contributed by atoms with Crippen LogP contribution in [0.2, 0.25) is 0 Å². The Hall–Kier alpha value is -1.79. The number of carbonyl (C=O) groups is 1. The van der Waals surface area contributed by atoms with Gasteiger partial charge < -0.3 is 19.7 Å². The van der Waals surface area contributed by atoms with Gasteiger partial charge in [-0.15, -0.1) is 0 Å². The molecule has 1 aliphatic rings. The minimum absolute atomic E-state index is 0.141. The molecule has 1 aromatic rings. The van der Waals surface area contributed by atoms with Crippen molar-refractivity contribution in [2.75, 3.05) is 26.2 Å². The van der Waals surface area contributed by atoms with E-state index in [0.29, 0.717) is 32.7 Å². The molecule has 0 aliphatic carbocycles. The second kappa shape index (κ2) is 8.17. The van der Waals surface area contributed by atoms with E-state index in [1.165, 1.54) is 0 Å². The Morgan fingerprint density at radius 1 is 1.30 bits per heavy atom. The highest BCUT2D eigenvalue weighted by Crippen LogP contribution is 2.20. The average Bonchev–Trinajstić information content (AvgIpc) is 2.48. The number of rotatable bonds is 7. The van der Waals surface area contributed by atoms with Gasteiger partial charge in [0.2, 0.25) is 0 Å². The summed E-state index contributed by atoms with van der Waals surface area (Å²) in [5.41, 5.74) is 0. The molecule has 0 amide bonds. The molecule has 0 spiro atoms. The number of hydrogen-bond acceptors (Lipinski definition) is 5. The summed E-state index contributed by atoms with van der Waals surface area (Å²) in [4.78, 5) is 13.0. The molecule has 1 aliphatic heterocycles. The van der Waals surface area contributed by atoms with Crippen molar-refractivity contribution in [2.45, 2.75) is 32.5 Å². The molecule has 0 aromatic heterocycles. The van der Waals surface area contributed by atoms with Crippen LogP contribution in [0.1, 0.15) is 20.3 Å². The van der Waals surface area contributed by atoms with E-state index >= 15 is 0 Å². The number of piperidine rings is 1. The number of benzene rings is 1. The van der Waals surface area contributed by atoms with Crippen molar-refractivity contribution in [3.63, 3.8) is 0 Å². The van der Waals surface area contributed by atoms with E-state index in [9.17, 15) is 9.90 Å². The maximum absolute atomic E-state index is 11.0. The lowest BCUT2D eigenvalue weighted by atomic mass is 9.94. The first-order chi connectivity index (χ1) is 11.0. The van der Waals surface area contributed by atoms with Gasteiger partial charge in [-0.3, -0.25) is 9.69 Å². The smallest absolute Gasteiger partial charge is 0.309 e. The van der Waals surface area contributed by atoms with Crippen molar-refractivity contribution < 1.29 is 24.5 Å². The second-order valence-corrected chi connectivity index (χ2v) is 6.09. The summed E-state index contributed by atoms with van der Waals surface area (Å²) in [5, 5.41) is 18.8. The molecule has 0 radical (unpaired) electrons. The number of aliphatic hydroxyl groups is 1. The highest BCUT2D eigenvalue weighted by molar-refractivity contribution is 5.70. The molecule has 1 aromatic carbocycles. The van der Waals surface area contributed by atoms with Gasteiger partial charge in [-0.1, -0.05) is 0 Å². The van der Waals surface area contributed by atoms with Gasteiger partial charge in [0.25, 0.3) is 0 Å². The quantitative estimate of drug-likeness (QED) is 0.794. The number of carboxylic acid groups (broad SMARTS) is 1. The van der Waals surface area contributed by atoms with E-state index in [-0.39, 0.29) is 6.10 Å². The molecule has 2 atom stereocenters. The van der Waals surface area contributed by atoms with Crippen molar-refractivity contribution in [1.82, 2.24) is 4.90 Å². The molecule has 0 bridgehead atoms. The van der Waals surface area contributed by atoms with Crippen LogP contribution in [0.25, 0.3) is 0 Å². The number of β-amino-alcohol motifs (C(OH)–C–C–N with tert-alkyl or cyclic N) is 1. The minimum atomic E-state index is -0.919. The Labute approximate surface area is 136 Å². The molecule has 6 heteroatoms. The normalized spacial score (nSPS) is 22.1. The Morgan fingerprint density at radius 2 is 1.96 bits per heavy atom. The van der Waals surface area contributed by atoms with Gasteiger partial charge in [0.1, 0.15) is 18.1 Å². The van der Waals surface area contributed by atoms with E-state index in [1.807, 2.05) is 43.0 Å². The molecule has 2 N–H and O–H groups in total. The summed E-state index contributed by atoms with van der Waals surface area (Å²) in [6, 6.07) is 7.47. The zero-order chi connectivity index (χ0) is 16.8. The maximum atomic E-state index is 11.0. The number of likely N-dealkylation sites (tertiary alicyclic amines) is 1. The number of aliphatic carboxylic acids is 1. The van der Waals surface area contributed by atoms with Crippen molar-refractivity contribution in [3.05, 3.63) is 24.3 Å². The molecule has 128 valence electrons. The molecule has 0 unspecified atom stereocenters. The average molecular weight is 323 g/mol. The van der Waals surface area contributed by atoms with E-state index < -0.39 is 18.0 Å². The lowest BCUT2D eigenvalue weighted by Gasteiger charge is -2.33. The number of nitrogens with zero attached hydrogens (tertiary/aromatic N) is 1. The summed E-state index contributed by atoms with van der Waals surface area (Å²) in [7, 11) is 0. The van der Waals surface area contributed by atoms with Crippen LogP contribution in [0, 0.1) is 5.92 Å². The fraction of sp³-hybridized carbons (Fsp3) is 0.588. The first kappa shape index (κ1) is 17.6. The standard InChI is InChI=1S/C17H25NO5/c1-12(2)23-14-5-3-13(4-6-14)22-10-9-18-8-7-15(17(20)21)16(19)11-18/h3-6,12,15-16,19H,7-11H2,1-2H3,(H,20,21)/t15-,16+/m0/s1. The number of aliphatic hydroxyl groups excluding tert-OH is 1. The Morgan fingerprint density at radius 3 is 2.52 bits per heavy atom. The van der Waals surface area contributed by atoms with Crippen LogP contribution in [0.5, 0.6) is 11.5 Å². The van der Waals surface area contributed by atoms with E-state index in [2.05, 4.69) is 0 Å². The van der Waals surface area contributed by atoms with Gasteiger partial charge >= 0.3 is 5.97 Å². The van der Waals surface area contributed by atoms with Gasteiger partial charge in [0.15, 0.2) is 0 Å². The van der Waals surface area contributed by atoms with Crippen LogP contribution in [0.15, 0.2) is 24.3 Å². The predicted octanol–water partition coefficient (Wildman–Crippen LogP) is 1.62. The van der Waals surface area contributed by atoms with Crippen molar-refractivity contribution in [2.24, 2.45) is 5.92 Å². The minimum Gasteiger partial charge on any atom is -0.492 e. The van der Waals surface area contributed by atoms with Crippen LogP contribution >= 0.6 is 0 Å². The maximum Gasteiger partial charge on any atom is 0.309 e. The van der Waals surface area contributed by atoms with Crippen LogP contribution in [0.4, 0.5) is 0 Å². The van der Waals surface area contributed by atoms with Crippen molar-refractivity contribution in [3.8, 4) is 11.5 Å². The lowest BCUT2D eigenvalue weighted by Crippen LogP contribution is -2.47. The number of ether oxygens (including phenoxy) is 2. The van der Waals surface area contributed by atoms with Crippen LogP contribution in [0.3, 0.4) is 0 Å². The third-order valence-corrected chi connectivity index (χ3v) is 3.86. The van der Waals surface area contributed by atoms with E-state index in [4.69, 9.17) is 14.6 Å². The number of carboxylic acids is 1. The lowest BCUT2D eigenvalue weighted by molar-refractivity contribution is -0.148. The Kier molecular flexibility index (Phi) is 6.24. The fourth-order valence-corrected chi connectivity index (χ4v) is 2.67. The molecular weight excluding hydrogens is 298 g/mol. The van der Waals surface area contributed by atoms with Crippen molar-refractivity contribution in [1.29, 1.82) is 0 Å². The number of hydrogen-bond donors (Lipinski definition) is 2. The highest BCUT2D eigenvalue weighted by atomic mass is 16.5. The first-order valence-corrected chi connectivity index (χ1v) is 7.98.